The summed E-state index contributed by atoms with van der Waals surface area (Å²) in [5.74, 6) is -0.0646. The number of rotatable bonds is 6. The number of aromatic amines is 1. The van der Waals surface area contributed by atoms with Crippen molar-refractivity contribution in [1.82, 2.24) is 15.2 Å². The van der Waals surface area contributed by atoms with Gasteiger partial charge in [0, 0.05) is 22.8 Å². The monoisotopic (exact) mass is 392 g/mol. The van der Waals surface area contributed by atoms with Crippen LogP contribution < -0.4 is 15.4 Å². The molecule has 1 atom stereocenters. The number of benzene rings is 2. The smallest absolute Gasteiger partial charge is 0.325 e. The number of aromatic nitrogens is 1. The molecule has 3 aromatic rings. The second kappa shape index (κ2) is 7.67. The Labute approximate surface area is 166 Å². The van der Waals surface area contributed by atoms with Crippen molar-refractivity contribution < 1.29 is 19.1 Å². The molecule has 1 aromatic heterocycles. The van der Waals surface area contributed by atoms with Crippen LogP contribution in [0, 0.1) is 0 Å². The topological polar surface area (TPSA) is 104 Å². The van der Waals surface area contributed by atoms with E-state index in [4.69, 9.17) is 4.74 Å². The first-order valence-electron chi connectivity index (χ1n) is 9.15. The minimum atomic E-state index is -0.878. The van der Waals surface area contributed by atoms with E-state index in [9.17, 15) is 14.4 Å². The molecular formula is C21H20N4O4. The summed E-state index contributed by atoms with van der Waals surface area (Å²) >= 11 is 0. The van der Waals surface area contributed by atoms with Gasteiger partial charge in [0.15, 0.2) is 0 Å². The summed E-state index contributed by atoms with van der Waals surface area (Å²) in [5, 5.41) is 6.33. The second-order valence-corrected chi connectivity index (χ2v) is 6.81. The fourth-order valence-electron chi connectivity index (χ4n) is 3.31. The normalized spacial score (nSPS) is 16.2. The first kappa shape index (κ1) is 18.5. The Hall–Kier alpha value is -3.81. The average Bonchev–Trinajstić information content (AvgIpc) is 3.28. The van der Waals surface area contributed by atoms with E-state index in [1.807, 2.05) is 24.4 Å². The number of hydrogen-bond acceptors (Lipinski definition) is 4. The number of methoxy groups -OCH3 is 1. The van der Waals surface area contributed by atoms with E-state index < -0.39 is 18.0 Å². The average molecular weight is 392 g/mol. The van der Waals surface area contributed by atoms with E-state index >= 15 is 0 Å². The molecule has 3 N–H and O–H groups in total. The first-order valence-corrected chi connectivity index (χ1v) is 9.15. The maximum Gasteiger partial charge on any atom is 0.325 e. The molecule has 4 rings (SSSR count). The van der Waals surface area contributed by atoms with Crippen molar-refractivity contribution >= 4 is 34.4 Å². The van der Waals surface area contributed by atoms with E-state index in [2.05, 4.69) is 15.6 Å². The lowest BCUT2D eigenvalue weighted by molar-refractivity contribution is -0.130. The Kier molecular flexibility index (Phi) is 4.90. The maximum atomic E-state index is 12.6. The standard InChI is InChI=1S/C21H20N4O4/c1-29-16-5-2-13(3-6-16)12-25-20(27)18(24-21(25)28)11-19(26)23-15-4-7-17-14(10-15)8-9-22-17/h2-10,18,22H,11-12H2,1H3,(H,23,26)(H,24,28). The van der Waals surface area contributed by atoms with Crippen molar-refractivity contribution in [1.29, 1.82) is 0 Å². The first-order chi connectivity index (χ1) is 14.0. The van der Waals surface area contributed by atoms with Crippen LogP contribution in [0.3, 0.4) is 0 Å². The number of H-pyrrole nitrogens is 1. The molecule has 8 heteroatoms. The van der Waals surface area contributed by atoms with Gasteiger partial charge in [0.1, 0.15) is 11.8 Å². The zero-order valence-corrected chi connectivity index (χ0v) is 15.8. The molecule has 148 valence electrons. The van der Waals surface area contributed by atoms with Crippen molar-refractivity contribution in [3.05, 3.63) is 60.3 Å². The van der Waals surface area contributed by atoms with Gasteiger partial charge in [0.05, 0.1) is 20.1 Å². The number of nitrogens with one attached hydrogen (secondary N) is 3. The lowest BCUT2D eigenvalue weighted by Crippen LogP contribution is -2.34. The third kappa shape index (κ3) is 3.91. The number of urea groups is 1. The summed E-state index contributed by atoms with van der Waals surface area (Å²) in [5.41, 5.74) is 2.39. The van der Waals surface area contributed by atoms with Crippen molar-refractivity contribution in [3.63, 3.8) is 0 Å². The summed E-state index contributed by atoms with van der Waals surface area (Å²) in [6.07, 6.45) is 1.69. The molecular weight excluding hydrogens is 372 g/mol. The SMILES string of the molecule is COc1ccc(CN2C(=O)NC(CC(=O)Nc3ccc4[nH]ccc4c3)C2=O)cc1. The Balaban J connectivity index is 1.37. The van der Waals surface area contributed by atoms with Crippen molar-refractivity contribution in [2.45, 2.75) is 19.0 Å². The van der Waals surface area contributed by atoms with Crippen LogP contribution in [0.25, 0.3) is 10.9 Å². The van der Waals surface area contributed by atoms with E-state index in [-0.39, 0.29) is 18.9 Å². The molecule has 0 aliphatic carbocycles. The van der Waals surface area contributed by atoms with Gasteiger partial charge in [-0.3, -0.25) is 14.5 Å². The van der Waals surface area contributed by atoms with Crippen LogP contribution in [0.15, 0.2) is 54.7 Å². The lowest BCUT2D eigenvalue weighted by atomic mass is 10.1. The predicted molar refractivity (Wildman–Crippen MR) is 107 cm³/mol. The van der Waals surface area contributed by atoms with Crippen LogP contribution in [0.4, 0.5) is 10.5 Å². The number of fused-ring (bicyclic) bond motifs is 1. The van der Waals surface area contributed by atoms with E-state index in [0.717, 1.165) is 21.4 Å². The summed E-state index contributed by atoms with van der Waals surface area (Å²) < 4.78 is 5.10. The highest BCUT2D eigenvalue weighted by Gasteiger charge is 2.38. The van der Waals surface area contributed by atoms with Crippen LogP contribution in [0.2, 0.25) is 0 Å². The van der Waals surface area contributed by atoms with Gasteiger partial charge in [-0.1, -0.05) is 12.1 Å². The summed E-state index contributed by atoms with van der Waals surface area (Å²) in [7, 11) is 1.57. The molecule has 2 heterocycles. The molecule has 0 radical (unpaired) electrons. The van der Waals surface area contributed by atoms with Crippen molar-refractivity contribution in [2.75, 3.05) is 12.4 Å². The van der Waals surface area contributed by atoms with Gasteiger partial charge in [-0.15, -0.1) is 0 Å². The largest absolute Gasteiger partial charge is 0.497 e. The van der Waals surface area contributed by atoms with Gasteiger partial charge in [-0.05, 0) is 42.0 Å². The molecule has 4 amide bonds. The number of ether oxygens (including phenoxy) is 1. The Morgan fingerprint density at radius 1 is 1.14 bits per heavy atom. The summed E-state index contributed by atoms with van der Waals surface area (Å²) in [6, 6.07) is 13.1. The molecule has 0 bridgehead atoms. The van der Waals surface area contributed by atoms with E-state index in [1.165, 1.54) is 0 Å². The highest BCUT2D eigenvalue weighted by atomic mass is 16.5. The minimum Gasteiger partial charge on any atom is -0.497 e. The van der Waals surface area contributed by atoms with Gasteiger partial charge in [0.2, 0.25) is 5.91 Å². The fourth-order valence-corrected chi connectivity index (χ4v) is 3.31. The molecule has 29 heavy (non-hydrogen) atoms. The quantitative estimate of drug-likeness (QED) is 0.561. The molecule has 0 saturated carbocycles. The molecule has 2 aromatic carbocycles. The highest BCUT2D eigenvalue weighted by Crippen LogP contribution is 2.20. The number of carbonyl (C=O) groups excluding carboxylic acids is 3. The molecule has 8 nitrogen and oxygen atoms in total. The third-order valence-corrected chi connectivity index (χ3v) is 4.83. The number of hydrogen-bond donors (Lipinski definition) is 3. The lowest BCUT2D eigenvalue weighted by Gasteiger charge is -2.13. The number of carbonyl (C=O) groups is 3. The summed E-state index contributed by atoms with van der Waals surface area (Å²) in [6.45, 7) is 0.136. The number of amides is 4. The number of nitrogens with zero attached hydrogens (tertiary/aromatic N) is 1. The Bertz CT molecular complexity index is 1070. The van der Waals surface area contributed by atoms with Crippen LogP contribution in [0.5, 0.6) is 5.75 Å². The number of anilines is 1. The van der Waals surface area contributed by atoms with Gasteiger partial charge >= 0.3 is 6.03 Å². The molecule has 1 fully saturated rings. The van der Waals surface area contributed by atoms with Gasteiger partial charge in [-0.25, -0.2) is 4.79 Å². The van der Waals surface area contributed by atoms with Gasteiger partial charge < -0.3 is 20.4 Å². The second-order valence-electron chi connectivity index (χ2n) is 6.81. The molecule has 1 aliphatic heterocycles. The third-order valence-electron chi connectivity index (χ3n) is 4.83. The van der Waals surface area contributed by atoms with Gasteiger partial charge in [0.25, 0.3) is 5.91 Å². The van der Waals surface area contributed by atoms with E-state index in [1.54, 1.807) is 37.4 Å². The van der Waals surface area contributed by atoms with Gasteiger partial charge in [-0.2, -0.15) is 0 Å². The van der Waals surface area contributed by atoms with Crippen molar-refractivity contribution in [2.24, 2.45) is 0 Å². The van der Waals surface area contributed by atoms with E-state index in [0.29, 0.717) is 11.4 Å². The van der Waals surface area contributed by atoms with Crippen LogP contribution in [-0.2, 0) is 16.1 Å². The molecule has 1 saturated heterocycles. The van der Waals surface area contributed by atoms with Crippen LogP contribution in [0.1, 0.15) is 12.0 Å². The van der Waals surface area contributed by atoms with Crippen molar-refractivity contribution in [3.8, 4) is 5.75 Å². The minimum absolute atomic E-state index is 0.130. The highest BCUT2D eigenvalue weighted by molar-refractivity contribution is 6.07. The summed E-state index contributed by atoms with van der Waals surface area (Å²) in [4.78, 5) is 41.4. The Morgan fingerprint density at radius 3 is 2.69 bits per heavy atom. The fraction of sp³-hybridized carbons (Fsp3) is 0.190. The van der Waals surface area contributed by atoms with Crippen LogP contribution in [-0.4, -0.2) is 40.9 Å². The zero-order valence-electron chi connectivity index (χ0n) is 15.8. The maximum absolute atomic E-state index is 12.6. The number of imide groups is 1. The zero-order chi connectivity index (χ0) is 20.4. The predicted octanol–water partition coefficient (Wildman–Crippen LogP) is 2.63. The Morgan fingerprint density at radius 2 is 1.93 bits per heavy atom. The molecule has 0 spiro atoms. The van der Waals surface area contributed by atoms with Crippen LogP contribution >= 0.6 is 0 Å². The molecule has 1 unspecified atom stereocenters. The molecule has 1 aliphatic rings.